The van der Waals surface area contributed by atoms with Gasteiger partial charge in [-0.3, -0.25) is 10.1 Å². The third-order valence-corrected chi connectivity index (χ3v) is 7.30. The van der Waals surface area contributed by atoms with E-state index >= 15 is 0 Å². The van der Waals surface area contributed by atoms with Crippen LogP contribution in [0.25, 0.3) is 11.1 Å². The van der Waals surface area contributed by atoms with Crippen molar-refractivity contribution in [1.29, 1.82) is 5.26 Å². The van der Waals surface area contributed by atoms with Crippen molar-refractivity contribution in [1.82, 2.24) is 5.32 Å². The zero-order chi connectivity index (χ0) is 31.1. The van der Waals surface area contributed by atoms with Crippen LogP contribution in [0.3, 0.4) is 0 Å². The van der Waals surface area contributed by atoms with E-state index in [9.17, 15) is 25.1 Å². The number of anilines is 1. The molecule has 1 atom stereocenters. The molecule has 0 amide bonds. The van der Waals surface area contributed by atoms with Gasteiger partial charge in [-0.15, -0.1) is 0 Å². The topological polar surface area (TPSA) is 150 Å². The molecular weight excluding hydrogens is 562 g/mol. The summed E-state index contributed by atoms with van der Waals surface area (Å²) in [5.41, 5.74) is 5.92. The van der Waals surface area contributed by atoms with Crippen molar-refractivity contribution >= 4 is 17.6 Å². The second-order valence-corrected chi connectivity index (χ2v) is 10.2. The van der Waals surface area contributed by atoms with Gasteiger partial charge in [-0.25, -0.2) is 4.79 Å². The fraction of sp³-hybridized carbons (Fsp3) is 0.206. The van der Waals surface area contributed by atoms with Gasteiger partial charge in [0.25, 0.3) is 0 Å². The Balaban J connectivity index is 1.37. The molecule has 1 heterocycles. The fourth-order valence-corrected chi connectivity index (χ4v) is 4.84. The van der Waals surface area contributed by atoms with E-state index in [1.807, 2.05) is 36.4 Å². The van der Waals surface area contributed by atoms with E-state index in [1.165, 1.54) is 6.07 Å². The van der Waals surface area contributed by atoms with Gasteiger partial charge in [0, 0.05) is 30.4 Å². The van der Waals surface area contributed by atoms with Crippen molar-refractivity contribution in [3.05, 3.63) is 107 Å². The number of nitrogens with zero attached hydrogens (tertiary/aromatic N) is 1. The minimum atomic E-state index is -1.20. The van der Waals surface area contributed by atoms with E-state index in [2.05, 4.69) is 23.6 Å². The molecule has 0 unspecified atom stereocenters. The predicted molar refractivity (Wildman–Crippen MR) is 163 cm³/mol. The van der Waals surface area contributed by atoms with Gasteiger partial charge >= 0.3 is 11.9 Å². The first-order chi connectivity index (χ1) is 21.4. The Labute approximate surface area is 254 Å². The van der Waals surface area contributed by atoms with E-state index in [0.717, 1.165) is 33.8 Å². The van der Waals surface area contributed by atoms with E-state index in [-0.39, 0.29) is 17.9 Å². The summed E-state index contributed by atoms with van der Waals surface area (Å²) in [7, 11) is 0. The molecule has 0 aliphatic carbocycles. The number of rotatable bonds is 11. The molecule has 1 aliphatic rings. The number of nitrogens with one attached hydrogen (secondary N) is 2. The van der Waals surface area contributed by atoms with Crippen molar-refractivity contribution in [2.24, 2.45) is 0 Å². The average molecular weight is 594 g/mol. The quantitative estimate of drug-likeness (QED) is 0.143. The molecule has 4 aromatic rings. The number of hydrogen-bond donors (Lipinski definition) is 4. The lowest BCUT2D eigenvalue weighted by atomic mass is 9.96. The summed E-state index contributed by atoms with van der Waals surface area (Å²) in [5, 5.41) is 34.1. The van der Waals surface area contributed by atoms with Crippen LogP contribution in [0.5, 0.6) is 17.2 Å². The number of nitriles is 1. The number of aliphatic carboxylic acids is 1. The van der Waals surface area contributed by atoms with Gasteiger partial charge in [-0.05, 0) is 65.6 Å². The number of carboxylic acid groups (broad SMARTS) is 1. The number of aliphatic hydroxyl groups is 1. The SMILES string of the molecule is Cc1c(CNc2ccc(CN[C@H](CO)C(=O)O)c(OC(=O)c3cccc(C#N)c3)c2)cccc1-c1ccc2c(c1)OCCO2. The number of carboxylic acids is 1. The highest BCUT2D eigenvalue weighted by Crippen LogP contribution is 2.36. The molecule has 0 fully saturated rings. The molecule has 1 aliphatic heterocycles. The Morgan fingerprint density at radius 1 is 0.955 bits per heavy atom. The summed E-state index contributed by atoms with van der Waals surface area (Å²) in [6.45, 7) is 3.00. The molecule has 0 radical (unpaired) electrons. The van der Waals surface area contributed by atoms with Crippen molar-refractivity contribution < 1.29 is 34.0 Å². The van der Waals surface area contributed by atoms with E-state index in [1.54, 1.807) is 36.4 Å². The first-order valence-corrected chi connectivity index (χ1v) is 14.0. The molecule has 4 aromatic carbocycles. The second kappa shape index (κ2) is 13.7. The van der Waals surface area contributed by atoms with Crippen molar-refractivity contribution in [3.63, 3.8) is 0 Å². The molecule has 0 saturated heterocycles. The molecule has 10 heteroatoms. The zero-order valence-corrected chi connectivity index (χ0v) is 24.0. The van der Waals surface area contributed by atoms with Crippen LogP contribution in [0, 0.1) is 18.3 Å². The Bertz CT molecular complexity index is 1730. The standard InChI is InChI=1S/C34H31N3O7/c1-21-25(6-3-7-28(21)23-9-11-30-32(15-23)43-13-12-42-30)18-36-27-10-8-26(19-37-29(20-38)33(39)40)31(16-27)44-34(41)24-5-2-4-22(14-24)17-35/h2-11,14-16,29,36-38H,12-13,18-20H2,1H3,(H,39,40)/t29-/m1/s1. The van der Waals surface area contributed by atoms with Gasteiger partial charge in [0.15, 0.2) is 11.5 Å². The maximum absolute atomic E-state index is 13.0. The monoisotopic (exact) mass is 593 g/mol. The minimum absolute atomic E-state index is 0.0232. The highest BCUT2D eigenvalue weighted by Gasteiger charge is 2.19. The molecule has 0 bridgehead atoms. The molecule has 44 heavy (non-hydrogen) atoms. The number of esters is 1. The van der Waals surface area contributed by atoms with E-state index in [4.69, 9.17) is 14.2 Å². The maximum Gasteiger partial charge on any atom is 0.343 e. The highest BCUT2D eigenvalue weighted by molar-refractivity contribution is 5.91. The fourth-order valence-electron chi connectivity index (χ4n) is 4.84. The molecule has 5 rings (SSSR count). The van der Waals surface area contributed by atoms with Gasteiger partial charge < -0.3 is 29.7 Å². The number of ether oxygens (including phenoxy) is 3. The Hall–Kier alpha value is -5.37. The van der Waals surface area contributed by atoms with E-state index in [0.29, 0.717) is 36.6 Å². The van der Waals surface area contributed by atoms with Crippen LogP contribution in [0.4, 0.5) is 5.69 Å². The summed E-state index contributed by atoms with van der Waals surface area (Å²) >= 11 is 0. The van der Waals surface area contributed by atoms with Gasteiger partial charge in [0.05, 0.1) is 23.8 Å². The van der Waals surface area contributed by atoms with Crippen LogP contribution >= 0.6 is 0 Å². The largest absolute Gasteiger partial charge is 0.486 e. The van der Waals surface area contributed by atoms with Crippen LogP contribution in [0.2, 0.25) is 0 Å². The normalized spacial score (nSPS) is 12.6. The average Bonchev–Trinajstić information content (AvgIpc) is 3.05. The van der Waals surface area contributed by atoms with Gasteiger partial charge in [0.1, 0.15) is 25.0 Å². The van der Waals surface area contributed by atoms with Crippen molar-refractivity contribution in [3.8, 4) is 34.4 Å². The third-order valence-electron chi connectivity index (χ3n) is 7.30. The Kier molecular flexibility index (Phi) is 9.40. The lowest BCUT2D eigenvalue weighted by Gasteiger charge is -2.20. The third kappa shape index (κ3) is 6.98. The number of carbonyl (C=O) groups excluding carboxylic acids is 1. The van der Waals surface area contributed by atoms with Gasteiger partial charge in [-0.1, -0.05) is 36.4 Å². The first-order valence-electron chi connectivity index (χ1n) is 14.0. The molecule has 0 spiro atoms. The smallest absolute Gasteiger partial charge is 0.343 e. The maximum atomic E-state index is 13.0. The zero-order valence-electron chi connectivity index (χ0n) is 24.0. The number of fused-ring (bicyclic) bond motifs is 1. The number of aliphatic hydroxyl groups excluding tert-OH is 1. The highest BCUT2D eigenvalue weighted by atomic mass is 16.6. The predicted octanol–water partition coefficient (Wildman–Crippen LogP) is 4.67. The molecule has 10 nitrogen and oxygen atoms in total. The van der Waals surface area contributed by atoms with E-state index < -0.39 is 24.6 Å². The first kappa shape index (κ1) is 30.1. The molecule has 0 saturated carbocycles. The van der Waals surface area contributed by atoms with Crippen LogP contribution in [-0.4, -0.2) is 48.0 Å². The van der Waals surface area contributed by atoms with Crippen LogP contribution < -0.4 is 24.8 Å². The van der Waals surface area contributed by atoms with Gasteiger partial charge in [-0.2, -0.15) is 5.26 Å². The summed E-state index contributed by atoms with van der Waals surface area (Å²) in [6, 6.07) is 24.2. The van der Waals surface area contributed by atoms with Crippen LogP contribution in [-0.2, 0) is 17.9 Å². The summed E-state index contributed by atoms with van der Waals surface area (Å²) in [6.07, 6.45) is 0. The Morgan fingerprint density at radius 2 is 1.75 bits per heavy atom. The summed E-state index contributed by atoms with van der Waals surface area (Å²) in [4.78, 5) is 24.4. The molecule has 0 aromatic heterocycles. The summed E-state index contributed by atoms with van der Waals surface area (Å²) < 4.78 is 17.2. The Morgan fingerprint density at radius 3 is 2.52 bits per heavy atom. The van der Waals surface area contributed by atoms with Crippen LogP contribution in [0.1, 0.15) is 32.6 Å². The number of carbonyl (C=O) groups is 2. The molecule has 224 valence electrons. The van der Waals surface area contributed by atoms with Crippen LogP contribution in [0.15, 0.2) is 78.9 Å². The lowest BCUT2D eigenvalue weighted by Crippen LogP contribution is -2.39. The number of benzene rings is 4. The van der Waals surface area contributed by atoms with Crippen molar-refractivity contribution in [2.45, 2.75) is 26.1 Å². The van der Waals surface area contributed by atoms with Gasteiger partial charge in [0.2, 0.25) is 0 Å². The minimum Gasteiger partial charge on any atom is -0.486 e. The number of hydrogen-bond acceptors (Lipinski definition) is 9. The van der Waals surface area contributed by atoms with Crippen molar-refractivity contribution in [2.75, 3.05) is 25.1 Å². The lowest BCUT2D eigenvalue weighted by molar-refractivity contribution is -0.140. The summed E-state index contributed by atoms with van der Waals surface area (Å²) in [5.74, 6) is -0.204. The molecular formula is C34H31N3O7. The second-order valence-electron chi connectivity index (χ2n) is 10.2. The molecule has 4 N–H and O–H groups in total.